The molecule has 0 saturated carbocycles. The van der Waals surface area contributed by atoms with E-state index in [9.17, 15) is 9.59 Å². The van der Waals surface area contributed by atoms with E-state index in [2.05, 4.69) is 34.6 Å². The fourth-order valence-electron chi connectivity index (χ4n) is 3.29. The molecule has 0 unspecified atom stereocenters. The van der Waals surface area contributed by atoms with Gasteiger partial charge in [0.05, 0.1) is 6.21 Å². The third kappa shape index (κ3) is 7.05. The SMILES string of the molecule is CCN(CC)c1ccc(/C=C(/NC(=O)c2ccccc2)C(=O)N/N=C/c2cccc(Cl)c2)cc1. The van der Waals surface area contributed by atoms with E-state index in [1.807, 2.05) is 36.4 Å². The summed E-state index contributed by atoms with van der Waals surface area (Å²) in [6.45, 7) is 6.00. The molecule has 0 heterocycles. The van der Waals surface area contributed by atoms with Crippen molar-refractivity contribution >= 4 is 41.4 Å². The summed E-state index contributed by atoms with van der Waals surface area (Å²) in [5.74, 6) is -0.934. The Morgan fingerprint density at radius 2 is 1.62 bits per heavy atom. The van der Waals surface area contributed by atoms with Gasteiger partial charge in [-0.15, -0.1) is 0 Å². The van der Waals surface area contributed by atoms with Gasteiger partial charge >= 0.3 is 0 Å². The molecule has 0 aliphatic carbocycles. The van der Waals surface area contributed by atoms with Crippen molar-refractivity contribution in [3.8, 4) is 0 Å². The van der Waals surface area contributed by atoms with Gasteiger partial charge in [0, 0.05) is 29.4 Å². The topological polar surface area (TPSA) is 73.8 Å². The number of hydrogen-bond donors (Lipinski definition) is 2. The van der Waals surface area contributed by atoms with Gasteiger partial charge in [0.15, 0.2) is 0 Å². The van der Waals surface area contributed by atoms with Crippen molar-refractivity contribution in [3.63, 3.8) is 0 Å². The first-order valence-corrected chi connectivity index (χ1v) is 11.4. The monoisotopic (exact) mass is 474 g/mol. The Balaban J connectivity index is 1.82. The number of anilines is 1. The molecule has 174 valence electrons. The first kappa shape index (κ1) is 24.7. The molecule has 0 aliphatic rings. The van der Waals surface area contributed by atoms with Crippen molar-refractivity contribution in [1.29, 1.82) is 0 Å². The maximum atomic E-state index is 12.9. The van der Waals surface area contributed by atoms with Gasteiger partial charge in [-0.25, -0.2) is 5.43 Å². The second kappa shape index (κ2) is 12.4. The van der Waals surface area contributed by atoms with E-state index in [0.29, 0.717) is 10.6 Å². The Kier molecular flexibility index (Phi) is 9.00. The molecule has 7 heteroatoms. The normalized spacial score (nSPS) is 11.3. The number of amides is 2. The lowest BCUT2D eigenvalue weighted by Crippen LogP contribution is -2.32. The van der Waals surface area contributed by atoms with Crippen LogP contribution in [0.2, 0.25) is 5.02 Å². The Morgan fingerprint density at radius 1 is 0.912 bits per heavy atom. The number of benzene rings is 3. The maximum Gasteiger partial charge on any atom is 0.287 e. The summed E-state index contributed by atoms with van der Waals surface area (Å²) in [4.78, 5) is 27.8. The zero-order chi connectivity index (χ0) is 24.3. The van der Waals surface area contributed by atoms with Crippen LogP contribution in [0.5, 0.6) is 0 Å². The Bertz CT molecular complexity index is 1170. The van der Waals surface area contributed by atoms with Crippen LogP contribution in [-0.4, -0.2) is 31.1 Å². The van der Waals surface area contributed by atoms with Crippen LogP contribution in [0.15, 0.2) is 89.7 Å². The number of carbonyl (C=O) groups is 2. The Labute approximate surface area is 204 Å². The number of nitrogens with one attached hydrogen (secondary N) is 2. The zero-order valence-corrected chi connectivity index (χ0v) is 19.9. The smallest absolute Gasteiger partial charge is 0.287 e. The minimum Gasteiger partial charge on any atom is -0.372 e. The molecule has 6 nitrogen and oxygen atoms in total. The molecule has 0 saturated heterocycles. The molecule has 0 fully saturated rings. The lowest BCUT2D eigenvalue weighted by molar-refractivity contribution is -0.117. The first-order valence-electron chi connectivity index (χ1n) is 11.0. The number of hydrazone groups is 1. The minimum atomic E-state index is -0.546. The molecule has 0 spiro atoms. The van der Waals surface area contributed by atoms with Crippen LogP contribution in [-0.2, 0) is 4.79 Å². The summed E-state index contributed by atoms with van der Waals surface area (Å²) >= 11 is 5.98. The van der Waals surface area contributed by atoms with Gasteiger partial charge in [0.25, 0.3) is 11.8 Å². The molecule has 0 atom stereocenters. The number of carbonyl (C=O) groups excluding carboxylic acids is 2. The molecular weight excluding hydrogens is 448 g/mol. The van der Waals surface area contributed by atoms with Crippen molar-refractivity contribution in [2.75, 3.05) is 18.0 Å². The first-order chi connectivity index (χ1) is 16.5. The Morgan fingerprint density at radius 3 is 2.26 bits per heavy atom. The Hall–Kier alpha value is -3.90. The molecule has 34 heavy (non-hydrogen) atoms. The highest BCUT2D eigenvalue weighted by molar-refractivity contribution is 6.30. The highest BCUT2D eigenvalue weighted by atomic mass is 35.5. The van der Waals surface area contributed by atoms with E-state index < -0.39 is 5.91 Å². The molecule has 0 radical (unpaired) electrons. The molecule has 0 aromatic heterocycles. The second-order valence-electron chi connectivity index (χ2n) is 7.40. The summed E-state index contributed by atoms with van der Waals surface area (Å²) in [6, 6.07) is 23.6. The lowest BCUT2D eigenvalue weighted by atomic mass is 10.1. The number of nitrogens with zero attached hydrogens (tertiary/aromatic N) is 2. The van der Waals surface area contributed by atoms with Gasteiger partial charge in [0.2, 0.25) is 0 Å². The summed E-state index contributed by atoms with van der Waals surface area (Å²) in [7, 11) is 0. The number of hydrogen-bond acceptors (Lipinski definition) is 4. The average molecular weight is 475 g/mol. The summed E-state index contributed by atoms with van der Waals surface area (Å²) in [5.41, 5.74) is 5.59. The minimum absolute atomic E-state index is 0.0766. The quantitative estimate of drug-likeness (QED) is 0.257. The van der Waals surface area contributed by atoms with Gasteiger partial charge in [-0.2, -0.15) is 5.10 Å². The van der Waals surface area contributed by atoms with Crippen LogP contribution in [0.4, 0.5) is 5.69 Å². The van der Waals surface area contributed by atoms with Crippen molar-refractivity contribution in [2.45, 2.75) is 13.8 Å². The molecule has 3 rings (SSSR count). The molecule has 0 bridgehead atoms. The van der Waals surface area contributed by atoms with Crippen molar-refractivity contribution in [1.82, 2.24) is 10.7 Å². The number of rotatable bonds is 9. The molecule has 3 aromatic carbocycles. The van der Waals surface area contributed by atoms with E-state index in [0.717, 1.165) is 29.9 Å². The van der Waals surface area contributed by atoms with Gasteiger partial charge in [-0.1, -0.05) is 54.1 Å². The van der Waals surface area contributed by atoms with Crippen molar-refractivity contribution in [2.24, 2.45) is 5.10 Å². The summed E-state index contributed by atoms with van der Waals surface area (Å²) in [6.07, 6.45) is 3.11. The summed E-state index contributed by atoms with van der Waals surface area (Å²) < 4.78 is 0. The van der Waals surface area contributed by atoms with Gasteiger partial charge < -0.3 is 10.2 Å². The van der Waals surface area contributed by atoms with E-state index >= 15 is 0 Å². The van der Waals surface area contributed by atoms with Crippen LogP contribution in [0.25, 0.3) is 6.08 Å². The molecule has 0 aliphatic heterocycles. The largest absolute Gasteiger partial charge is 0.372 e. The fourth-order valence-corrected chi connectivity index (χ4v) is 3.49. The fraction of sp³-hybridized carbons (Fsp3) is 0.148. The van der Waals surface area contributed by atoms with E-state index in [1.54, 1.807) is 48.5 Å². The molecule has 3 aromatic rings. The van der Waals surface area contributed by atoms with Gasteiger partial charge in [-0.3, -0.25) is 9.59 Å². The van der Waals surface area contributed by atoms with E-state index in [1.165, 1.54) is 6.21 Å². The standard InChI is InChI=1S/C27H27ClN4O2/c1-3-32(4-2)24-15-13-20(14-16-24)18-25(30-26(33)22-10-6-5-7-11-22)27(34)31-29-19-21-9-8-12-23(28)17-21/h5-19H,3-4H2,1-2H3,(H,30,33)(H,31,34)/b25-18+,29-19+. The third-order valence-electron chi connectivity index (χ3n) is 5.09. The molecule has 2 amide bonds. The van der Waals surface area contributed by atoms with Gasteiger partial charge in [-0.05, 0) is 67.4 Å². The molecular formula is C27H27ClN4O2. The predicted octanol–water partition coefficient (Wildman–Crippen LogP) is 5.11. The second-order valence-corrected chi connectivity index (χ2v) is 7.83. The van der Waals surface area contributed by atoms with E-state index in [4.69, 9.17) is 11.6 Å². The van der Waals surface area contributed by atoms with Gasteiger partial charge in [0.1, 0.15) is 5.70 Å². The summed E-state index contributed by atoms with van der Waals surface area (Å²) in [5, 5.41) is 7.28. The predicted molar refractivity (Wildman–Crippen MR) is 139 cm³/mol. The van der Waals surface area contributed by atoms with Crippen LogP contribution >= 0.6 is 11.6 Å². The van der Waals surface area contributed by atoms with Crippen LogP contribution in [0.1, 0.15) is 35.3 Å². The van der Waals surface area contributed by atoms with Crippen LogP contribution < -0.4 is 15.6 Å². The maximum absolute atomic E-state index is 12.9. The van der Waals surface area contributed by atoms with E-state index in [-0.39, 0.29) is 11.6 Å². The van der Waals surface area contributed by atoms with Crippen molar-refractivity contribution in [3.05, 3.63) is 106 Å². The average Bonchev–Trinajstić information content (AvgIpc) is 2.86. The highest BCUT2D eigenvalue weighted by Crippen LogP contribution is 2.17. The molecule has 2 N–H and O–H groups in total. The van der Waals surface area contributed by atoms with Crippen LogP contribution in [0.3, 0.4) is 0 Å². The van der Waals surface area contributed by atoms with Crippen molar-refractivity contribution < 1.29 is 9.59 Å². The third-order valence-corrected chi connectivity index (χ3v) is 5.32. The lowest BCUT2D eigenvalue weighted by Gasteiger charge is -2.20. The highest BCUT2D eigenvalue weighted by Gasteiger charge is 2.14. The zero-order valence-electron chi connectivity index (χ0n) is 19.2. The van der Waals surface area contributed by atoms with Crippen LogP contribution in [0, 0.1) is 0 Å². The number of halogens is 1.